The maximum atomic E-state index is 12.2. The molecule has 6 nitrogen and oxygen atoms in total. The number of amides is 1. The zero-order valence-corrected chi connectivity index (χ0v) is 14.1. The molecule has 0 spiro atoms. The third-order valence-corrected chi connectivity index (χ3v) is 4.89. The molecular weight excluding hydrogens is 312 g/mol. The lowest BCUT2D eigenvalue weighted by molar-refractivity contribution is 0.0893. The van der Waals surface area contributed by atoms with Gasteiger partial charge >= 0.3 is 0 Å². The van der Waals surface area contributed by atoms with Crippen LogP contribution in [-0.2, 0) is 4.74 Å². The van der Waals surface area contributed by atoms with Crippen molar-refractivity contribution in [2.24, 2.45) is 0 Å². The predicted octanol–water partition coefficient (Wildman–Crippen LogP) is 2.71. The minimum absolute atomic E-state index is 0.164. The van der Waals surface area contributed by atoms with Crippen molar-refractivity contribution in [1.29, 1.82) is 0 Å². The van der Waals surface area contributed by atoms with Crippen LogP contribution in [0.3, 0.4) is 0 Å². The number of nitrogens with zero attached hydrogens (tertiary/aromatic N) is 3. The largest absolute Gasteiger partial charge is 0.380 e. The predicted molar refractivity (Wildman–Crippen MR) is 91.3 cm³/mol. The highest BCUT2D eigenvalue weighted by atomic mass is 32.1. The number of anilines is 2. The van der Waals surface area contributed by atoms with E-state index in [4.69, 9.17) is 4.74 Å². The molecule has 1 aromatic heterocycles. The second kappa shape index (κ2) is 7.06. The van der Waals surface area contributed by atoms with Gasteiger partial charge in [0.05, 0.1) is 11.8 Å². The molecule has 1 aliphatic heterocycles. The summed E-state index contributed by atoms with van der Waals surface area (Å²) in [4.78, 5) is 15.0. The summed E-state index contributed by atoms with van der Waals surface area (Å²) in [6.07, 6.45) is 2.54. The maximum Gasteiger partial charge on any atom is 0.269 e. The zero-order chi connectivity index (χ0) is 16.2. The van der Waals surface area contributed by atoms with Crippen molar-refractivity contribution < 1.29 is 9.53 Å². The van der Waals surface area contributed by atoms with Gasteiger partial charge in [0.1, 0.15) is 4.88 Å². The molecule has 1 unspecified atom stereocenters. The fourth-order valence-corrected chi connectivity index (χ4v) is 3.30. The lowest BCUT2D eigenvalue weighted by Gasteiger charge is -2.33. The average Bonchev–Trinajstić information content (AvgIpc) is 3.02. The summed E-state index contributed by atoms with van der Waals surface area (Å²) in [6.45, 7) is 3.73. The molecule has 2 aromatic rings. The molecule has 122 valence electrons. The van der Waals surface area contributed by atoms with Crippen LogP contribution in [0, 0.1) is 6.92 Å². The number of methoxy groups -OCH3 is 1. The highest BCUT2D eigenvalue weighted by molar-refractivity contribution is 7.08. The standard InChI is InChI=1S/C16H20N4O2S/c1-11-15(23-19-18-11)16(21)17-12-5-7-13(8-6-12)20-9-3-4-14(10-20)22-2/h5-8,14H,3-4,9-10H2,1-2H3,(H,17,21). The highest BCUT2D eigenvalue weighted by Crippen LogP contribution is 2.23. The smallest absolute Gasteiger partial charge is 0.269 e. The van der Waals surface area contributed by atoms with Gasteiger partial charge in [-0.3, -0.25) is 4.79 Å². The Morgan fingerprint density at radius 3 is 2.83 bits per heavy atom. The maximum absolute atomic E-state index is 12.2. The SMILES string of the molecule is COC1CCCN(c2ccc(NC(=O)c3snnc3C)cc2)C1. The van der Waals surface area contributed by atoms with Crippen LogP contribution in [0.1, 0.15) is 28.2 Å². The normalized spacial score (nSPS) is 18.0. The van der Waals surface area contributed by atoms with Crippen LogP contribution < -0.4 is 10.2 Å². The van der Waals surface area contributed by atoms with Crippen molar-refractivity contribution in [3.05, 3.63) is 34.8 Å². The molecular formula is C16H20N4O2S. The Hall–Kier alpha value is -1.99. The van der Waals surface area contributed by atoms with Crippen LogP contribution in [0.2, 0.25) is 0 Å². The lowest BCUT2D eigenvalue weighted by atomic mass is 10.1. The number of rotatable bonds is 4. The van der Waals surface area contributed by atoms with E-state index in [1.807, 2.05) is 24.3 Å². The van der Waals surface area contributed by atoms with E-state index in [1.54, 1.807) is 14.0 Å². The fourth-order valence-electron chi connectivity index (χ4n) is 2.75. The molecule has 1 aliphatic rings. The van der Waals surface area contributed by atoms with Gasteiger partial charge in [-0.15, -0.1) is 5.10 Å². The summed E-state index contributed by atoms with van der Waals surface area (Å²) in [5.41, 5.74) is 2.58. The van der Waals surface area contributed by atoms with Gasteiger partial charge in [0.2, 0.25) is 0 Å². The number of carbonyl (C=O) groups excluding carboxylic acids is 1. The molecule has 23 heavy (non-hydrogen) atoms. The molecule has 1 N–H and O–H groups in total. The van der Waals surface area contributed by atoms with E-state index in [2.05, 4.69) is 19.8 Å². The summed E-state index contributed by atoms with van der Waals surface area (Å²) in [6, 6.07) is 7.91. The number of nitrogens with one attached hydrogen (secondary N) is 1. The second-order valence-electron chi connectivity index (χ2n) is 5.63. The van der Waals surface area contributed by atoms with Gasteiger partial charge in [-0.05, 0) is 55.6 Å². The summed E-state index contributed by atoms with van der Waals surface area (Å²) < 4.78 is 9.25. The Morgan fingerprint density at radius 1 is 1.39 bits per heavy atom. The summed E-state index contributed by atoms with van der Waals surface area (Å²) in [7, 11) is 1.77. The molecule has 0 radical (unpaired) electrons. The van der Waals surface area contributed by atoms with Gasteiger partial charge in [0.25, 0.3) is 5.91 Å². The van der Waals surface area contributed by atoms with Crippen molar-refractivity contribution >= 4 is 28.8 Å². The first kappa shape index (κ1) is 15.9. The molecule has 0 aliphatic carbocycles. The molecule has 1 aromatic carbocycles. The van der Waals surface area contributed by atoms with E-state index in [0.29, 0.717) is 16.7 Å². The molecule has 7 heteroatoms. The topological polar surface area (TPSA) is 67.3 Å². The Labute approximate surface area is 139 Å². The van der Waals surface area contributed by atoms with Crippen LogP contribution in [-0.4, -0.2) is 41.8 Å². The van der Waals surface area contributed by atoms with E-state index < -0.39 is 0 Å². The van der Waals surface area contributed by atoms with Gasteiger partial charge in [-0.2, -0.15) is 0 Å². The average molecular weight is 332 g/mol. The number of aryl methyl sites for hydroxylation is 1. The first-order valence-electron chi connectivity index (χ1n) is 7.65. The summed E-state index contributed by atoms with van der Waals surface area (Å²) in [5.74, 6) is -0.164. The number of hydrogen-bond acceptors (Lipinski definition) is 6. The van der Waals surface area contributed by atoms with Crippen LogP contribution in [0.25, 0.3) is 0 Å². The first-order valence-corrected chi connectivity index (χ1v) is 8.43. The van der Waals surface area contributed by atoms with Crippen molar-refractivity contribution in [3.63, 3.8) is 0 Å². The monoisotopic (exact) mass is 332 g/mol. The van der Waals surface area contributed by atoms with Gasteiger partial charge in [0.15, 0.2) is 0 Å². The van der Waals surface area contributed by atoms with Crippen molar-refractivity contribution in [3.8, 4) is 0 Å². The summed E-state index contributed by atoms with van der Waals surface area (Å²) in [5, 5.41) is 6.74. The van der Waals surface area contributed by atoms with Gasteiger partial charge in [-0.25, -0.2) is 0 Å². The van der Waals surface area contributed by atoms with Crippen molar-refractivity contribution in [2.75, 3.05) is 30.4 Å². The van der Waals surface area contributed by atoms with Gasteiger partial charge in [-0.1, -0.05) is 4.49 Å². The van der Waals surface area contributed by atoms with Crippen molar-refractivity contribution in [2.45, 2.75) is 25.9 Å². The number of piperidine rings is 1. The highest BCUT2D eigenvalue weighted by Gasteiger charge is 2.19. The molecule has 1 amide bonds. The molecule has 0 bridgehead atoms. The molecule has 0 saturated carbocycles. The van der Waals surface area contributed by atoms with Crippen molar-refractivity contribution in [1.82, 2.24) is 9.59 Å². The van der Waals surface area contributed by atoms with Gasteiger partial charge < -0.3 is 15.0 Å². The zero-order valence-electron chi connectivity index (χ0n) is 13.3. The van der Waals surface area contributed by atoms with Crippen LogP contribution >= 0.6 is 11.5 Å². The van der Waals surface area contributed by atoms with Gasteiger partial charge in [0, 0.05) is 31.6 Å². The first-order chi connectivity index (χ1) is 11.2. The number of hydrogen-bond donors (Lipinski definition) is 1. The Balaban J connectivity index is 1.65. The third kappa shape index (κ3) is 3.68. The number of ether oxygens (including phenoxy) is 1. The Kier molecular flexibility index (Phi) is 4.88. The van der Waals surface area contributed by atoms with Crippen LogP contribution in [0.4, 0.5) is 11.4 Å². The Morgan fingerprint density at radius 2 is 2.17 bits per heavy atom. The molecule has 2 heterocycles. The summed E-state index contributed by atoms with van der Waals surface area (Å²) >= 11 is 1.11. The third-order valence-electron chi connectivity index (χ3n) is 4.06. The van der Waals surface area contributed by atoms with E-state index in [9.17, 15) is 4.79 Å². The van der Waals surface area contributed by atoms with E-state index in [1.165, 1.54) is 0 Å². The Bertz CT molecular complexity index is 671. The van der Waals surface area contributed by atoms with Crippen LogP contribution in [0.5, 0.6) is 0 Å². The second-order valence-corrected chi connectivity index (χ2v) is 6.39. The van der Waals surface area contributed by atoms with E-state index in [0.717, 1.165) is 48.8 Å². The molecule has 1 atom stereocenters. The minimum atomic E-state index is -0.164. The molecule has 1 fully saturated rings. The molecule has 1 saturated heterocycles. The quantitative estimate of drug-likeness (QED) is 0.932. The van der Waals surface area contributed by atoms with E-state index >= 15 is 0 Å². The lowest BCUT2D eigenvalue weighted by Crippen LogP contribution is -2.39. The van der Waals surface area contributed by atoms with E-state index in [-0.39, 0.29) is 5.91 Å². The number of aromatic nitrogens is 2. The minimum Gasteiger partial charge on any atom is -0.380 e. The molecule has 3 rings (SSSR count). The number of benzene rings is 1. The van der Waals surface area contributed by atoms with Crippen LogP contribution in [0.15, 0.2) is 24.3 Å². The number of carbonyl (C=O) groups is 1. The fraction of sp³-hybridized carbons (Fsp3) is 0.438.